The summed E-state index contributed by atoms with van der Waals surface area (Å²) in [7, 11) is 0. The molecule has 6 aromatic carbocycles. The number of benzene rings is 6. The lowest BCUT2D eigenvalue weighted by Gasteiger charge is -2.13. The lowest BCUT2D eigenvalue weighted by Crippen LogP contribution is -1.93. The molecule has 0 aliphatic rings. The van der Waals surface area contributed by atoms with Crippen molar-refractivity contribution < 1.29 is 0 Å². The van der Waals surface area contributed by atoms with E-state index in [9.17, 15) is 0 Å². The Hall–Kier alpha value is -5.93. The maximum atomic E-state index is 6.14. The number of pyridine rings is 1. The van der Waals surface area contributed by atoms with E-state index in [1.54, 1.807) is 0 Å². The molecule has 0 aliphatic carbocycles. The summed E-state index contributed by atoms with van der Waals surface area (Å²) in [4.78, 5) is 5.01. The Balaban J connectivity index is 1.32. The van der Waals surface area contributed by atoms with Gasteiger partial charge < -0.3 is 11.5 Å². The Morgan fingerprint density at radius 3 is 1.00 bits per heavy atom. The monoisotopic (exact) mass is 565 g/mol. The van der Waals surface area contributed by atoms with Crippen LogP contribution in [0.2, 0.25) is 0 Å². The number of aromatic nitrogens is 1. The van der Waals surface area contributed by atoms with Crippen molar-refractivity contribution in [2.24, 2.45) is 0 Å². The number of rotatable bonds is 6. The van der Waals surface area contributed by atoms with Gasteiger partial charge in [-0.25, -0.2) is 4.98 Å². The zero-order valence-electron chi connectivity index (χ0n) is 24.2. The highest BCUT2D eigenvalue weighted by Crippen LogP contribution is 2.35. The quantitative estimate of drug-likeness (QED) is 0.197. The molecule has 7 aromatic rings. The minimum Gasteiger partial charge on any atom is -0.399 e. The molecule has 1 aromatic heterocycles. The molecule has 0 unspecified atom stereocenters. The van der Waals surface area contributed by atoms with E-state index in [4.69, 9.17) is 16.5 Å². The number of nitrogen functional groups attached to an aromatic ring is 2. The molecule has 0 spiro atoms. The second-order valence-corrected chi connectivity index (χ2v) is 11.0. The lowest BCUT2D eigenvalue weighted by atomic mass is 9.92. The SMILES string of the molecule is Nc1cccc(-c2cc(-c3ccc(-c4cc(-c5ccccc5)cc(-c5ccccc5)c4)cc3)cc(-c3cccc(N)c3)n2)c1. The summed E-state index contributed by atoms with van der Waals surface area (Å²) in [6.07, 6.45) is 0. The van der Waals surface area contributed by atoms with Crippen LogP contribution in [0, 0.1) is 0 Å². The van der Waals surface area contributed by atoms with Crippen molar-refractivity contribution in [3.63, 3.8) is 0 Å². The van der Waals surface area contributed by atoms with Crippen molar-refractivity contribution in [3.05, 3.63) is 164 Å². The fourth-order valence-corrected chi connectivity index (χ4v) is 5.63. The molecule has 3 heteroatoms. The summed E-state index contributed by atoms with van der Waals surface area (Å²) in [6.45, 7) is 0. The van der Waals surface area contributed by atoms with Gasteiger partial charge in [0.2, 0.25) is 0 Å². The van der Waals surface area contributed by atoms with E-state index < -0.39 is 0 Å². The summed E-state index contributed by atoms with van der Waals surface area (Å²) in [5, 5.41) is 0. The van der Waals surface area contributed by atoms with Crippen LogP contribution in [0.25, 0.3) is 67.0 Å². The van der Waals surface area contributed by atoms with Crippen LogP contribution in [-0.4, -0.2) is 4.98 Å². The second-order valence-electron chi connectivity index (χ2n) is 11.0. The zero-order valence-corrected chi connectivity index (χ0v) is 24.2. The highest BCUT2D eigenvalue weighted by atomic mass is 14.7. The van der Waals surface area contributed by atoms with Crippen LogP contribution in [0.4, 0.5) is 11.4 Å². The smallest absolute Gasteiger partial charge is 0.0716 e. The van der Waals surface area contributed by atoms with E-state index >= 15 is 0 Å². The number of nitrogens with zero attached hydrogens (tertiary/aromatic N) is 1. The third-order valence-corrected chi connectivity index (χ3v) is 7.89. The Labute approximate surface area is 258 Å². The molecule has 210 valence electrons. The molecule has 1 heterocycles. The fraction of sp³-hybridized carbons (Fsp3) is 0. The molecule has 0 saturated carbocycles. The minimum absolute atomic E-state index is 0.706. The first kappa shape index (κ1) is 26.9. The Bertz CT molecular complexity index is 1940. The largest absolute Gasteiger partial charge is 0.399 e. The van der Waals surface area contributed by atoms with E-state index in [1.165, 1.54) is 27.8 Å². The first-order chi connectivity index (χ1) is 21.6. The number of hydrogen-bond donors (Lipinski definition) is 2. The summed E-state index contributed by atoms with van der Waals surface area (Å²) >= 11 is 0. The van der Waals surface area contributed by atoms with Crippen molar-refractivity contribution in [1.82, 2.24) is 4.98 Å². The molecule has 0 aliphatic heterocycles. The first-order valence-corrected chi connectivity index (χ1v) is 14.7. The molecule has 7 rings (SSSR count). The number of anilines is 2. The maximum absolute atomic E-state index is 6.14. The van der Waals surface area contributed by atoms with E-state index in [0.29, 0.717) is 11.4 Å². The highest BCUT2D eigenvalue weighted by Gasteiger charge is 2.12. The van der Waals surface area contributed by atoms with E-state index in [-0.39, 0.29) is 0 Å². The third kappa shape index (κ3) is 5.72. The molecule has 3 nitrogen and oxygen atoms in total. The van der Waals surface area contributed by atoms with Gasteiger partial charge in [-0.1, -0.05) is 109 Å². The summed E-state index contributed by atoms with van der Waals surface area (Å²) in [6, 6.07) is 56.7. The van der Waals surface area contributed by atoms with Crippen LogP contribution >= 0.6 is 0 Å². The maximum Gasteiger partial charge on any atom is 0.0716 e. The van der Waals surface area contributed by atoms with E-state index in [0.717, 1.165) is 39.2 Å². The standard InChI is InChI=1S/C41H31N3/c42-38-15-7-13-32(24-38)40-26-37(27-41(44-40)33-14-8-16-39(43)25-33)31-19-17-30(18-20-31)36-22-34(28-9-3-1-4-10-28)21-35(23-36)29-11-5-2-6-12-29/h1-27H,42-43H2. The van der Waals surface area contributed by atoms with Gasteiger partial charge in [0.05, 0.1) is 11.4 Å². The van der Waals surface area contributed by atoms with Crippen LogP contribution < -0.4 is 11.5 Å². The lowest BCUT2D eigenvalue weighted by molar-refractivity contribution is 1.32. The van der Waals surface area contributed by atoms with Crippen molar-refractivity contribution in [2.45, 2.75) is 0 Å². The molecule has 0 atom stereocenters. The first-order valence-electron chi connectivity index (χ1n) is 14.7. The summed E-state index contributed by atoms with van der Waals surface area (Å²) in [5.74, 6) is 0. The normalized spacial score (nSPS) is 10.9. The average molecular weight is 566 g/mol. The van der Waals surface area contributed by atoms with Crippen LogP contribution in [0.5, 0.6) is 0 Å². The summed E-state index contributed by atoms with van der Waals surface area (Å²) < 4.78 is 0. The van der Waals surface area contributed by atoms with Crippen LogP contribution in [-0.2, 0) is 0 Å². The predicted octanol–water partition coefficient (Wildman–Crippen LogP) is 10.2. The van der Waals surface area contributed by atoms with Gasteiger partial charge in [0.15, 0.2) is 0 Å². The van der Waals surface area contributed by atoms with Gasteiger partial charge >= 0.3 is 0 Å². The van der Waals surface area contributed by atoms with Gasteiger partial charge in [-0.3, -0.25) is 0 Å². The third-order valence-electron chi connectivity index (χ3n) is 7.89. The topological polar surface area (TPSA) is 64.9 Å². The Morgan fingerprint density at radius 2 is 0.614 bits per heavy atom. The zero-order chi connectivity index (χ0) is 29.9. The molecule has 0 bridgehead atoms. The van der Waals surface area contributed by atoms with Gasteiger partial charge in [0.25, 0.3) is 0 Å². The molecular formula is C41H31N3. The number of hydrogen-bond acceptors (Lipinski definition) is 3. The van der Waals surface area contributed by atoms with Crippen molar-refractivity contribution in [3.8, 4) is 67.0 Å². The Morgan fingerprint density at radius 1 is 0.273 bits per heavy atom. The van der Waals surface area contributed by atoms with Crippen molar-refractivity contribution >= 4 is 11.4 Å². The van der Waals surface area contributed by atoms with Gasteiger partial charge in [0, 0.05) is 22.5 Å². The molecule has 44 heavy (non-hydrogen) atoms. The van der Waals surface area contributed by atoms with Crippen molar-refractivity contribution in [1.29, 1.82) is 0 Å². The van der Waals surface area contributed by atoms with E-state index in [2.05, 4.69) is 115 Å². The van der Waals surface area contributed by atoms with Crippen LogP contribution in [0.1, 0.15) is 0 Å². The van der Waals surface area contributed by atoms with Gasteiger partial charge in [-0.15, -0.1) is 0 Å². The molecular weight excluding hydrogens is 534 g/mol. The van der Waals surface area contributed by atoms with Gasteiger partial charge in [-0.05, 0) is 99.1 Å². The molecule has 0 radical (unpaired) electrons. The van der Waals surface area contributed by atoms with E-state index in [1.807, 2.05) is 48.5 Å². The second kappa shape index (κ2) is 11.7. The number of nitrogens with two attached hydrogens (primary N) is 2. The summed E-state index contributed by atoms with van der Waals surface area (Å²) in [5.41, 5.74) is 26.6. The molecule has 0 fully saturated rings. The predicted molar refractivity (Wildman–Crippen MR) is 186 cm³/mol. The van der Waals surface area contributed by atoms with Gasteiger partial charge in [-0.2, -0.15) is 0 Å². The average Bonchev–Trinajstić information content (AvgIpc) is 3.09. The van der Waals surface area contributed by atoms with Crippen molar-refractivity contribution in [2.75, 3.05) is 11.5 Å². The van der Waals surface area contributed by atoms with Crippen LogP contribution in [0.3, 0.4) is 0 Å². The molecule has 4 N–H and O–H groups in total. The Kier molecular flexibility index (Phi) is 7.19. The highest BCUT2D eigenvalue weighted by molar-refractivity contribution is 5.83. The van der Waals surface area contributed by atoms with Crippen LogP contribution in [0.15, 0.2) is 164 Å². The van der Waals surface area contributed by atoms with Gasteiger partial charge in [0.1, 0.15) is 0 Å². The minimum atomic E-state index is 0.706. The molecule has 0 amide bonds. The fourth-order valence-electron chi connectivity index (χ4n) is 5.63. The molecule has 0 saturated heterocycles.